The zero-order chi connectivity index (χ0) is 13.2. The first-order chi connectivity index (χ1) is 8.57. The summed E-state index contributed by atoms with van der Waals surface area (Å²) in [6.45, 7) is 4.62. The van der Waals surface area contributed by atoms with E-state index in [4.69, 9.17) is 4.74 Å². The van der Waals surface area contributed by atoms with Crippen LogP contribution in [0.5, 0.6) is 0 Å². The molecule has 0 radical (unpaired) electrons. The molecule has 0 aromatic rings. The topological polar surface area (TPSA) is 78.9 Å². The van der Waals surface area contributed by atoms with E-state index in [-0.39, 0.29) is 19.7 Å². The quantitative estimate of drug-likeness (QED) is 0.673. The number of hydrogen-bond acceptors (Lipinski definition) is 4. The first-order valence-electron chi connectivity index (χ1n) is 6.08. The summed E-state index contributed by atoms with van der Waals surface area (Å²) in [5.41, 5.74) is -0.990. The number of hydrogen-bond donors (Lipinski definition) is 2. The van der Waals surface area contributed by atoms with E-state index in [1.165, 1.54) is 11.0 Å². The highest BCUT2D eigenvalue weighted by molar-refractivity contribution is 5.84. The fourth-order valence-corrected chi connectivity index (χ4v) is 1.94. The zero-order valence-electron chi connectivity index (χ0n) is 10.2. The lowest BCUT2D eigenvalue weighted by atomic mass is 9.90. The Morgan fingerprint density at radius 2 is 2.17 bits per heavy atom. The van der Waals surface area contributed by atoms with E-state index >= 15 is 0 Å². The third-order valence-electron chi connectivity index (χ3n) is 3.34. The average Bonchev–Trinajstić information content (AvgIpc) is 3.08. The Morgan fingerprint density at radius 1 is 1.50 bits per heavy atom. The lowest BCUT2D eigenvalue weighted by Gasteiger charge is -2.46. The Hall–Kier alpha value is -1.56. The van der Waals surface area contributed by atoms with E-state index in [0.29, 0.717) is 12.5 Å². The molecule has 18 heavy (non-hydrogen) atoms. The summed E-state index contributed by atoms with van der Waals surface area (Å²) in [4.78, 5) is 24.1. The van der Waals surface area contributed by atoms with E-state index < -0.39 is 17.6 Å². The normalized spacial score (nSPS) is 21.0. The van der Waals surface area contributed by atoms with Crippen molar-refractivity contribution in [2.45, 2.75) is 18.4 Å². The van der Waals surface area contributed by atoms with Gasteiger partial charge < -0.3 is 14.7 Å². The maximum Gasteiger partial charge on any atom is 0.410 e. The van der Waals surface area contributed by atoms with Crippen LogP contribution < -0.4 is 5.32 Å². The van der Waals surface area contributed by atoms with Gasteiger partial charge in [0.1, 0.15) is 6.61 Å². The molecule has 6 heteroatoms. The van der Waals surface area contributed by atoms with Gasteiger partial charge in [-0.2, -0.15) is 0 Å². The molecule has 0 aromatic heterocycles. The Bertz CT molecular complexity index is 359. The second-order valence-corrected chi connectivity index (χ2v) is 4.93. The Morgan fingerprint density at radius 3 is 2.67 bits per heavy atom. The predicted octanol–water partition coefficient (Wildman–Crippen LogP) is 0.448. The lowest BCUT2D eigenvalue weighted by molar-refractivity contribution is -0.151. The molecule has 0 bridgehead atoms. The van der Waals surface area contributed by atoms with Gasteiger partial charge >= 0.3 is 12.1 Å². The second-order valence-electron chi connectivity index (χ2n) is 4.93. The molecule has 1 heterocycles. The highest BCUT2D eigenvalue weighted by Crippen LogP contribution is 2.30. The van der Waals surface area contributed by atoms with Gasteiger partial charge in [0, 0.05) is 0 Å². The van der Waals surface area contributed by atoms with Crippen molar-refractivity contribution in [1.29, 1.82) is 0 Å². The van der Waals surface area contributed by atoms with Crippen LogP contribution in [-0.4, -0.2) is 53.8 Å². The Kier molecular flexibility index (Phi) is 3.56. The molecule has 6 nitrogen and oxygen atoms in total. The number of nitrogens with one attached hydrogen (secondary N) is 1. The number of likely N-dealkylation sites (tertiary alicyclic amines) is 1. The van der Waals surface area contributed by atoms with Crippen molar-refractivity contribution in [3.05, 3.63) is 12.7 Å². The molecule has 1 aliphatic carbocycles. The van der Waals surface area contributed by atoms with E-state index in [1.54, 1.807) is 0 Å². The molecular weight excluding hydrogens is 236 g/mol. The summed E-state index contributed by atoms with van der Waals surface area (Å²) in [6.07, 6.45) is 3.31. The number of aliphatic carboxylic acids is 1. The first-order valence-corrected chi connectivity index (χ1v) is 6.08. The molecule has 2 rings (SSSR count). The molecule has 2 fully saturated rings. The van der Waals surface area contributed by atoms with E-state index in [2.05, 4.69) is 11.9 Å². The Balaban J connectivity index is 1.82. The van der Waals surface area contributed by atoms with Crippen LogP contribution in [0.15, 0.2) is 12.7 Å². The van der Waals surface area contributed by atoms with Gasteiger partial charge in [0.05, 0.1) is 13.1 Å². The van der Waals surface area contributed by atoms with Crippen molar-refractivity contribution < 1.29 is 19.4 Å². The minimum atomic E-state index is -0.990. The molecule has 1 saturated heterocycles. The minimum Gasteiger partial charge on any atom is -0.480 e. The fourth-order valence-electron chi connectivity index (χ4n) is 1.94. The van der Waals surface area contributed by atoms with Crippen molar-refractivity contribution in [3.63, 3.8) is 0 Å². The van der Waals surface area contributed by atoms with Crippen LogP contribution in [0.2, 0.25) is 0 Å². The molecule has 0 aromatic carbocycles. The molecule has 0 spiro atoms. The molecule has 1 aliphatic heterocycles. The van der Waals surface area contributed by atoms with E-state index in [9.17, 15) is 14.7 Å². The summed E-state index contributed by atoms with van der Waals surface area (Å²) in [7, 11) is 0. The molecule has 100 valence electrons. The molecule has 2 N–H and O–H groups in total. The van der Waals surface area contributed by atoms with Gasteiger partial charge in [-0.1, -0.05) is 12.7 Å². The molecule has 1 amide bonds. The van der Waals surface area contributed by atoms with Gasteiger partial charge in [-0.15, -0.1) is 0 Å². The average molecular weight is 254 g/mol. The number of carbonyl (C=O) groups is 2. The smallest absolute Gasteiger partial charge is 0.410 e. The third kappa shape index (κ3) is 2.64. The third-order valence-corrected chi connectivity index (χ3v) is 3.34. The highest BCUT2D eigenvalue weighted by atomic mass is 16.6. The van der Waals surface area contributed by atoms with Crippen LogP contribution in [0.1, 0.15) is 12.8 Å². The maximum absolute atomic E-state index is 11.5. The van der Waals surface area contributed by atoms with Crippen LogP contribution in [-0.2, 0) is 9.53 Å². The van der Waals surface area contributed by atoms with Crippen molar-refractivity contribution in [2.75, 3.05) is 26.2 Å². The van der Waals surface area contributed by atoms with Gasteiger partial charge in [-0.3, -0.25) is 10.1 Å². The van der Waals surface area contributed by atoms with Crippen molar-refractivity contribution in [3.8, 4) is 0 Å². The predicted molar refractivity (Wildman–Crippen MR) is 64.2 cm³/mol. The van der Waals surface area contributed by atoms with Gasteiger partial charge in [-0.05, 0) is 25.3 Å². The summed E-state index contributed by atoms with van der Waals surface area (Å²) in [5, 5.41) is 12.3. The Labute approximate surface area is 106 Å². The standard InChI is InChI=1S/C12H18N2O4/c1-2-5-18-11(17)14-7-12(8-14,10(15)16)13-6-9-3-4-9/h2,9,13H,1,3-8H2,(H,15,16). The number of carbonyl (C=O) groups excluding carboxylic acids is 1. The van der Waals surface area contributed by atoms with E-state index in [0.717, 1.165) is 12.8 Å². The van der Waals surface area contributed by atoms with Gasteiger partial charge in [0.2, 0.25) is 0 Å². The van der Waals surface area contributed by atoms with Crippen molar-refractivity contribution in [2.24, 2.45) is 5.92 Å². The van der Waals surface area contributed by atoms with Crippen LogP contribution in [0.4, 0.5) is 4.79 Å². The maximum atomic E-state index is 11.5. The first kappa shape index (κ1) is 12.9. The molecule has 1 saturated carbocycles. The summed E-state index contributed by atoms with van der Waals surface area (Å²) >= 11 is 0. The molecular formula is C12H18N2O4. The van der Waals surface area contributed by atoms with Gasteiger partial charge in [-0.25, -0.2) is 4.79 Å². The van der Waals surface area contributed by atoms with Gasteiger partial charge in [0.25, 0.3) is 0 Å². The summed E-state index contributed by atoms with van der Waals surface area (Å²) in [6, 6.07) is 0. The highest BCUT2D eigenvalue weighted by Gasteiger charge is 2.52. The summed E-state index contributed by atoms with van der Waals surface area (Å²) in [5.74, 6) is -0.307. The summed E-state index contributed by atoms with van der Waals surface area (Å²) < 4.78 is 4.85. The largest absolute Gasteiger partial charge is 0.480 e. The van der Waals surface area contributed by atoms with Crippen molar-refractivity contribution >= 4 is 12.1 Å². The number of carboxylic acid groups (broad SMARTS) is 1. The molecule has 0 atom stereocenters. The van der Waals surface area contributed by atoms with Crippen LogP contribution in [0.3, 0.4) is 0 Å². The number of amides is 1. The molecule has 2 aliphatic rings. The van der Waals surface area contributed by atoms with Crippen molar-refractivity contribution in [1.82, 2.24) is 10.2 Å². The van der Waals surface area contributed by atoms with Crippen LogP contribution >= 0.6 is 0 Å². The van der Waals surface area contributed by atoms with E-state index in [1.807, 2.05) is 0 Å². The lowest BCUT2D eigenvalue weighted by Crippen LogP contribution is -2.74. The van der Waals surface area contributed by atoms with Crippen LogP contribution in [0, 0.1) is 5.92 Å². The number of rotatable bonds is 6. The van der Waals surface area contributed by atoms with Gasteiger partial charge in [0.15, 0.2) is 5.54 Å². The number of carboxylic acids is 1. The fraction of sp³-hybridized carbons (Fsp3) is 0.667. The second kappa shape index (κ2) is 4.97. The zero-order valence-corrected chi connectivity index (χ0v) is 10.2. The monoisotopic (exact) mass is 254 g/mol. The molecule has 0 unspecified atom stereocenters. The van der Waals surface area contributed by atoms with Crippen LogP contribution in [0.25, 0.3) is 0 Å². The minimum absolute atomic E-state index is 0.144. The number of ether oxygens (including phenoxy) is 1. The number of nitrogens with zero attached hydrogens (tertiary/aromatic N) is 1. The SMILES string of the molecule is C=CCOC(=O)N1CC(NCC2CC2)(C(=O)O)C1.